The van der Waals surface area contributed by atoms with E-state index in [4.69, 9.17) is 11.6 Å². The molecule has 3 aromatic carbocycles. The van der Waals surface area contributed by atoms with Gasteiger partial charge in [0.05, 0.1) is 21.2 Å². The molecule has 0 saturated heterocycles. The smallest absolute Gasteiger partial charge is 0.354 e. The fourth-order valence-electron chi connectivity index (χ4n) is 4.37. The predicted octanol–water partition coefficient (Wildman–Crippen LogP) is 6.44. The third-order valence-electron chi connectivity index (χ3n) is 6.70. The molecule has 0 saturated carbocycles. The van der Waals surface area contributed by atoms with Crippen LogP contribution in [-0.4, -0.2) is 44.3 Å². The highest BCUT2D eigenvalue weighted by atomic mass is 35.5. The molecule has 2 amide bonds. The van der Waals surface area contributed by atoms with Crippen molar-refractivity contribution >= 4 is 39.1 Å². The van der Waals surface area contributed by atoms with E-state index in [-0.39, 0.29) is 23.8 Å². The Labute approximate surface area is 255 Å². The number of benzene rings is 3. The lowest BCUT2D eigenvalue weighted by molar-refractivity contribution is -0.140. The lowest BCUT2D eigenvalue weighted by atomic mass is 10.1. The van der Waals surface area contributed by atoms with Crippen LogP contribution in [0.5, 0.6) is 0 Å². The van der Waals surface area contributed by atoms with Gasteiger partial charge in [0.25, 0.3) is 10.0 Å². The lowest BCUT2D eigenvalue weighted by Crippen LogP contribution is -2.52. The van der Waals surface area contributed by atoms with E-state index in [1.165, 1.54) is 17.0 Å². The Hall–Kier alpha value is -3.57. The number of sulfonamides is 1. The van der Waals surface area contributed by atoms with Gasteiger partial charge < -0.3 is 10.2 Å². The Morgan fingerprint density at radius 3 is 2.16 bits per heavy atom. The molecule has 0 bridgehead atoms. The van der Waals surface area contributed by atoms with Crippen molar-refractivity contribution in [3.63, 3.8) is 0 Å². The SMILES string of the molecule is CCC(C(=O)NCC(C)C)N(Cc1ccccc1)C(=O)CN(c1ccc(Cl)c(C(F)(F)F)c1)S(=O)(=O)c1ccc(C)cc1. The van der Waals surface area contributed by atoms with Crippen LogP contribution in [0.1, 0.15) is 43.9 Å². The number of nitrogens with one attached hydrogen (secondary N) is 1. The molecule has 3 aromatic rings. The number of rotatable bonds is 12. The summed E-state index contributed by atoms with van der Waals surface area (Å²) in [6.07, 6.45) is -4.66. The van der Waals surface area contributed by atoms with Crippen LogP contribution in [0.3, 0.4) is 0 Å². The molecule has 0 fully saturated rings. The Morgan fingerprint density at radius 2 is 1.60 bits per heavy atom. The van der Waals surface area contributed by atoms with E-state index in [9.17, 15) is 31.2 Å². The summed E-state index contributed by atoms with van der Waals surface area (Å²) in [4.78, 5) is 28.3. The van der Waals surface area contributed by atoms with Crippen LogP contribution in [0.25, 0.3) is 0 Å². The van der Waals surface area contributed by atoms with Gasteiger partial charge in [-0.3, -0.25) is 13.9 Å². The second kappa shape index (κ2) is 14.3. The van der Waals surface area contributed by atoms with Gasteiger partial charge in [-0.1, -0.05) is 80.4 Å². The normalized spacial score (nSPS) is 12.6. The van der Waals surface area contributed by atoms with E-state index in [1.54, 1.807) is 56.3 Å². The second-order valence-electron chi connectivity index (χ2n) is 10.6. The van der Waals surface area contributed by atoms with E-state index in [2.05, 4.69) is 5.32 Å². The van der Waals surface area contributed by atoms with Gasteiger partial charge >= 0.3 is 6.18 Å². The Kier molecular flexibility index (Phi) is 11.3. The summed E-state index contributed by atoms with van der Waals surface area (Å²) in [6.45, 7) is 6.79. The summed E-state index contributed by atoms with van der Waals surface area (Å²) < 4.78 is 69.8. The van der Waals surface area contributed by atoms with Gasteiger partial charge in [0, 0.05) is 13.1 Å². The van der Waals surface area contributed by atoms with Crippen LogP contribution in [0.15, 0.2) is 77.7 Å². The van der Waals surface area contributed by atoms with Gasteiger partial charge in [-0.2, -0.15) is 13.2 Å². The highest BCUT2D eigenvalue weighted by Gasteiger charge is 2.37. The minimum atomic E-state index is -4.88. The first kappa shape index (κ1) is 33.9. The number of hydrogen-bond donors (Lipinski definition) is 1. The molecular formula is C31H35ClF3N3O4S. The number of halogens is 4. The highest BCUT2D eigenvalue weighted by molar-refractivity contribution is 7.92. The van der Waals surface area contributed by atoms with E-state index < -0.39 is 56.9 Å². The van der Waals surface area contributed by atoms with Crippen LogP contribution in [0.4, 0.5) is 18.9 Å². The molecule has 1 N–H and O–H groups in total. The summed E-state index contributed by atoms with van der Waals surface area (Å²) in [7, 11) is -4.55. The summed E-state index contributed by atoms with van der Waals surface area (Å²) >= 11 is 5.82. The molecule has 1 atom stereocenters. The number of alkyl halides is 3. The van der Waals surface area contributed by atoms with Crippen molar-refractivity contribution in [3.05, 3.63) is 94.5 Å². The Balaban J connectivity index is 2.12. The standard InChI is InChI=1S/C31H35ClF3N3O4S/c1-5-28(30(40)36-18-21(2)3)37(19-23-9-7-6-8-10-23)29(39)20-38(43(41,42)25-14-11-22(4)12-15-25)24-13-16-27(32)26(17-24)31(33,34)35/h6-17,21,28H,5,18-20H2,1-4H3,(H,36,40). The third kappa shape index (κ3) is 8.73. The molecule has 1 unspecified atom stereocenters. The van der Waals surface area contributed by atoms with Crippen molar-refractivity contribution in [3.8, 4) is 0 Å². The Morgan fingerprint density at radius 1 is 0.977 bits per heavy atom. The molecule has 12 heteroatoms. The second-order valence-corrected chi connectivity index (χ2v) is 12.8. The van der Waals surface area contributed by atoms with E-state index in [0.717, 1.165) is 17.7 Å². The zero-order valence-electron chi connectivity index (χ0n) is 24.4. The molecule has 0 radical (unpaired) electrons. The minimum absolute atomic E-state index is 0.0277. The molecule has 3 rings (SSSR count). The molecule has 232 valence electrons. The summed E-state index contributed by atoms with van der Waals surface area (Å²) in [5.74, 6) is -1.04. The first-order valence-corrected chi connectivity index (χ1v) is 15.5. The maximum absolute atomic E-state index is 14.0. The molecule has 7 nitrogen and oxygen atoms in total. The lowest BCUT2D eigenvalue weighted by Gasteiger charge is -2.33. The molecule has 0 spiro atoms. The molecule has 0 heterocycles. The van der Waals surface area contributed by atoms with Gasteiger partial charge in [0.15, 0.2) is 0 Å². The van der Waals surface area contributed by atoms with Crippen molar-refractivity contribution in [2.24, 2.45) is 5.92 Å². The molecule has 43 heavy (non-hydrogen) atoms. The monoisotopic (exact) mass is 637 g/mol. The average Bonchev–Trinajstić information content (AvgIpc) is 2.95. The van der Waals surface area contributed by atoms with Gasteiger partial charge in [-0.05, 0) is 55.2 Å². The van der Waals surface area contributed by atoms with Crippen molar-refractivity contribution in [2.75, 3.05) is 17.4 Å². The van der Waals surface area contributed by atoms with Crippen molar-refractivity contribution in [2.45, 2.75) is 57.8 Å². The largest absolute Gasteiger partial charge is 0.417 e. The maximum atomic E-state index is 14.0. The minimum Gasteiger partial charge on any atom is -0.354 e. The number of hydrogen-bond acceptors (Lipinski definition) is 4. The number of carbonyl (C=O) groups excluding carboxylic acids is 2. The number of aryl methyl sites for hydroxylation is 1. The maximum Gasteiger partial charge on any atom is 0.417 e. The zero-order chi connectivity index (χ0) is 31.9. The topological polar surface area (TPSA) is 86.8 Å². The number of carbonyl (C=O) groups is 2. The van der Waals surface area contributed by atoms with E-state index in [1.807, 2.05) is 13.8 Å². The molecule has 0 aromatic heterocycles. The van der Waals surface area contributed by atoms with Crippen LogP contribution in [-0.2, 0) is 32.3 Å². The first-order valence-electron chi connectivity index (χ1n) is 13.7. The number of amides is 2. The number of nitrogens with zero attached hydrogens (tertiary/aromatic N) is 2. The summed E-state index contributed by atoms with van der Waals surface area (Å²) in [5.41, 5.74) is -0.198. The van der Waals surface area contributed by atoms with Gasteiger partial charge in [-0.15, -0.1) is 0 Å². The Bertz CT molecular complexity index is 1520. The highest BCUT2D eigenvalue weighted by Crippen LogP contribution is 2.38. The fourth-order valence-corrected chi connectivity index (χ4v) is 6.00. The van der Waals surface area contributed by atoms with Crippen LogP contribution in [0.2, 0.25) is 5.02 Å². The van der Waals surface area contributed by atoms with E-state index in [0.29, 0.717) is 22.5 Å². The molecular weight excluding hydrogens is 603 g/mol. The molecule has 0 aliphatic heterocycles. The van der Waals surface area contributed by atoms with Gasteiger partial charge in [0.1, 0.15) is 12.6 Å². The van der Waals surface area contributed by atoms with Crippen LogP contribution in [0, 0.1) is 12.8 Å². The van der Waals surface area contributed by atoms with Crippen molar-refractivity contribution in [1.29, 1.82) is 0 Å². The predicted molar refractivity (Wildman–Crippen MR) is 161 cm³/mol. The zero-order valence-corrected chi connectivity index (χ0v) is 25.9. The molecule has 0 aliphatic rings. The molecule has 0 aliphatic carbocycles. The van der Waals surface area contributed by atoms with Crippen LogP contribution >= 0.6 is 11.6 Å². The quantitative estimate of drug-likeness (QED) is 0.248. The van der Waals surface area contributed by atoms with E-state index >= 15 is 0 Å². The summed E-state index contributed by atoms with van der Waals surface area (Å²) in [6, 6.07) is 16.3. The average molecular weight is 638 g/mol. The van der Waals surface area contributed by atoms with Crippen molar-refractivity contribution in [1.82, 2.24) is 10.2 Å². The van der Waals surface area contributed by atoms with Crippen molar-refractivity contribution < 1.29 is 31.2 Å². The van der Waals surface area contributed by atoms with Crippen LogP contribution < -0.4 is 9.62 Å². The fraction of sp³-hybridized carbons (Fsp3) is 0.355. The number of anilines is 1. The summed E-state index contributed by atoms with van der Waals surface area (Å²) in [5, 5.41) is 2.21. The van der Waals surface area contributed by atoms with Gasteiger partial charge in [-0.25, -0.2) is 8.42 Å². The van der Waals surface area contributed by atoms with Gasteiger partial charge in [0.2, 0.25) is 11.8 Å². The third-order valence-corrected chi connectivity index (χ3v) is 8.82. The first-order chi connectivity index (χ1) is 20.1.